The molecular formula is C11H13N3OS. The second-order valence-corrected chi connectivity index (χ2v) is 5.15. The molecule has 5 heteroatoms. The normalized spacial score (nSPS) is 25.0. The van der Waals surface area contributed by atoms with E-state index in [-0.39, 0.29) is 12.1 Å². The smallest absolute Gasteiger partial charge is 0.346 e. The molecule has 84 valence electrons. The molecule has 1 aliphatic carbocycles. The lowest BCUT2D eigenvalue weighted by Crippen LogP contribution is -2.34. The van der Waals surface area contributed by atoms with Crippen molar-refractivity contribution in [3.63, 3.8) is 0 Å². The van der Waals surface area contributed by atoms with Gasteiger partial charge in [0.2, 0.25) is 0 Å². The number of hydrogen-bond acceptors (Lipinski definition) is 3. The van der Waals surface area contributed by atoms with Crippen LogP contribution in [-0.4, -0.2) is 23.3 Å². The molecule has 0 bridgehead atoms. The Bertz CT molecular complexity index is 436. The summed E-state index contributed by atoms with van der Waals surface area (Å²) in [5.41, 5.74) is 6.92. The summed E-state index contributed by atoms with van der Waals surface area (Å²) in [6, 6.07) is 1.70. The van der Waals surface area contributed by atoms with E-state index in [0.717, 1.165) is 12.1 Å². The Hall–Kier alpha value is -1.36. The summed E-state index contributed by atoms with van der Waals surface area (Å²) < 4.78 is 0. The summed E-state index contributed by atoms with van der Waals surface area (Å²) in [6.07, 6.45) is 2.44. The third-order valence-corrected chi connectivity index (χ3v) is 3.77. The van der Waals surface area contributed by atoms with Gasteiger partial charge in [-0.1, -0.05) is 0 Å². The third-order valence-electron chi connectivity index (χ3n) is 3.07. The van der Waals surface area contributed by atoms with Gasteiger partial charge in [0.25, 0.3) is 0 Å². The molecule has 2 aliphatic rings. The van der Waals surface area contributed by atoms with Gasteiger partial charge in [0.15, 0.2) is 0 Å². The van der Waals surface area contributed by atoms with E-state index in [9.17, 15) is 4.79 Å². The quantitative estimate of drug-likeness (QED) is 0.871. The molecule has 1 aromatic heterocycles. The molecule has 1 saturated carbocycles. The average molecular weight is 235 g/mol. The summed E-state index contributed by atoms with van der Waals surface area (Å²) >= 11 is 1.62. The second kappa shape index (κ2) is 3.59. The molecule has 2 amide bonds. The first-order valence-electron chi connectivity index (χ1n) is 5.42. The number of carbonyl (C=O) groups excluding carboxylic acids is 1. The van der Waals surface area contributed by atoms with Crippen molar-refractivity contribution < 1.29 is 4.79 Å². The van der Waals surface area contributed by atoms with Gasteiger partial charge in [-0.25, -0.2) is 4.79 Å². The van der Waals surface area contributed by atoms with Crippen LogP contribution < -0.4 is 5.73 Å². The largest absolute Gasteiger partial charge is 0.385 e. The lowest BCUT2D eigenvalue weighted by Gasteiger charge is -2.23. The number of hydrogen-bond donors (Lipinski definition) is 1. The fourth-order valence-electron chi connectivity index (χ4n) is 2.05. The van der Waals surface area contributed by atoms with Gasteiger partial charge in [-0.15, -0.1) is 0 Å². The van der Waals surface area contributed by atoms with Gasteiger partial charge in [-0.2, -0.15) is 16.3 Å². The molecule has 0 radical (unpaired) electrons. The van der Waals surface area contributed by atoms with E-state index in [2.05, 4.69) is 4.99 Å². The third kappa shape index (κ3) is 1.61. The Balaban J connectivity index is 1.87. The van der Waals surface area contributed by atoms with Crippen molar-refractivity contribution in [2.45, 2.75) is 18.9 Å². The van der Waals surface area contributed by atoms with E-state index < -0.39 is 0 Å². The van der Waals surface area contributed by atoms with Crippen LogP contribution in [0.1, 0.15) is 24.4 Å². The molecule has 1 aliphatic heterocycles. The van der Waals surface area contributed by atoms with E-state index in [0.29, 0.717) is 11.8 Å². The van der Waals surface area contributed by atoms with Crippen LogP contribution in [-0.2, 0) is 0 Å². The monoisotopic (exact) mass is 235 g/mol. The van der Waals surface area contributed by atoms with Gasteiger partial charge in [0.1, 0.15) is 11.9 Å². The van der Waals surface area contributed by atoms with Gasteiger partial charge in [-0.3, -0.25) is 0 Å². The number of nitrogens with two attached hydrogens (primary N) is 1. The van der Waals surface area contributed by atoms with Crippen LogP contribution in [0.5, 0.6) is 0 Å². The highest BCUT2D eigenvalue weighted by molar-refractivity contribution is 7.08. The molecule has 0 saturated heterocycles. The first-order valence-corrected chi connectivity index (χ1v) is 6.37. The van der Waals surface area contributed by atoms with Crippen molar-refractivity contribution in [1.82, 2.24) is 4.90 Å². The predicted molar refractivity (Wildman–Crippen MR) is 63.5 cm³/mol. The maximum Gasteiger partial charge on any atom is 0.346 e. The molecule has 1 aromatic rings. The first-order chi connectivity index (χ1) is 7.75. The van der Waals surface area contributed by atoms with E-state index in [1.165, 1.54) is 12.8 Å². The van der Waals surface area contributed by atoms with Crippen molar-refractivity contribution in [3.8, 4) is 0 Å². The zero-order valence-corrected chi connectivity index (χ0v) is 9.61. The molecule has 1 unspecified atom stereocenters. The standard InChI is InChI=1S/C11H13N3OS/c12-10-9(8-3-4-16-6-8)14(11(15)13-10)5-7-1-2-7/h3-4,6-7,9H,1-2,5H2,(H2,12,13,15). The Morgan fingerprint density at radius 3 is 3.00 bits per heavy atom. The Labute approximate surface area is 97.8 Å². The van der Waals surface area contributed by atoms with E-state index >= 15 is 0 Å². The SMILES string of the molecule is NC1=NC(=O)N(CC2CC2)C1c1ccsc1. The number of aliphatic imine (C=N–C) groups is 1. The zero-order chi connectivity index (χ0) is 11.1. The molecule has 0 aromatic carbocycles. The van der Waals surface area contributed by atoms with Crippen LogP contribution in [0.4, 0.5) is 4.79 Å². The van der Waals surface area contributed by atoms with Crippen molar-refractivity contribution in [2.75, 3.05) is 6.54 Å². The summed E-state index contributed by atoms with van der Waals surface area (Å²) in [5.74, 6) is 1.09. The van der Waals surface area contributed by atoms with Gasteiger partial charge >= 0.3 is 6.03 Å². The van der Waals surface area contributed by atoms with Gasteiger partial charge in [-0.05, 0) is 41.1 Å². The maximum absolute atomic E-state index is 11.7. The minimum atomic E-state index is -0.180. The van der Waals surface area contributed by atoms with E-state index in [1.807, 2.05) is 16.8 Å². The molecule has 1 atom stereocenters. The van der Waals surface area contributed by atoms with Crippen LogP contribution >= 0.6 is 11.3 Å². The van der Waals surface area contributed by atoms with Crippen molar-refractivity contribution in [3.05, 3.63) is 22.4 Å². The summed E-state index contributed by atoms with van der Waals surface area (Å²) in [4.78, 5) is 17.4. The first kappa shape index (κ1) is 9.84. The lowest BCUT2D eigenvalue weighted by atomic mass is 10.1. The Kier molecular flexibility index (Phi) is 2.21. The molecular weight excluding hydrogens is 222 g/mol. The average Bonchev–Trinajstić information content (AvgIpc) is 2.81. The summed E-state index contributed by atoms with van der Waals surface area (Å²) in [5, 5.41) is 4.03. The number of nitrogens with zero attached hydrogens (tertiary/aromatic N) is 2. The summed E-state index contributed by atoms with van der Waals surface area (Å²) in [7, 11) is 0. The van der Waals surface area contributed by atoms with Gasteiger partial charge in [0.05, 0.1) is 0 Å². The number of thiophene rings is 1. The summed E-state index contributed by atoms with van der Waals surface area (Å²) in [6.45, 7) is 0.795. The molecule has 2 N–H and O–H groups in total. The second-order valence-electron chi connectivity index (χ2n) is 4.37. The highest BCUT2D eigenvalue weighted by Gasteiger charge is 2.38. The van der Waals surface area contributed by atoms with Crippen molar-refractivity contribution >= 4 is 23.2 Å². The minimum Gasteiger partial charge on any atom is -0.385 e. The number of amidine groups is 1. The number of rotatable bonds is 3. The lowest BCUT2D eigenvalue weighted by molar-refractivity contribution is 0.204. The zero-order valence-electron chi connectivity index (χ0n) is 8.80. The minimum absolute atomic E-state index is 0.126. The topological polar surface area (TPSA) is 58.7 Å². The highest BCUT2D eigenvalue weighted by Crippen LogP contribution is 2.35. The number of carbonyl (C=O) groups is 1. The van der Waals surface area contributed by atoms with Gasteiger partial charge < -0.3 is 10.6 Å². The van der Waals surface area contributed by atoms with Crippen LogP contribution in [0.2, 0.25) is 0 Å². The molecule has 1 fully saturated rings. The predicted octanol–water partition coefficient (Wildman–Crippen LogP) is 1.99. The number of urea groups is 1. The molecule has 4 nitrogen and oxygen atoms in total. The molecule has 2 heterocycles. The Morgan fingerprint density at radius 1 is 1.56 bits per heavy atom. The van der Waals surface area contributed by atoms with Gasteiger partial charge in [0, 0.05) is 6.54 Å². The number of amides is 2. The van der Waals surface area contributed by atoms with Crippen LogP contribution in [0.25, 0.3) is 0 Å². The fraction of sp³-hybridized carbons (Fsp3) is 0.455. The van der Waals surface area contributed by atoms with Crippen molar-refractivity contribution in [1.29, 1.82) is 0 Å². The molecule has 16 heavy (non-hydrogen) atoms. The maximum atomic E-state index is 11.7. The molecule has 3 rings (SSSR count). The molecule has 0 spiro atoms. The van der Waals surface area contributed by atoms with Crippen molar-refractivity contribution in [2.24, 2.45) is 16.6 Å². The Morgan fingerprint density at radius 2 is 2.38 bits per heavy atom. The highest BCUT2D eigenvalue weighted by atomic mass is 32.1. The van der Waals surface area contributed by atoms with Crippen LogP contribution in [0, 0.1) is 5.92 Å². The van der Waals surface area contributed by atoms with E-state index in [4.69, 9.17) is 5.73 Å². The van der Waals surface area contributed by atoms with Crippen LogP contribution in [0.3, 0.4) is 0 Å². The van der Waals surface area contributed by atoms with Crippen LogP contribution in [0.15, 0.2) is 21.8 Å². The fourth-order valence-corrected chi connectivity index (χ4v) is 2.73. The van der Waals surface area contributed by atoms with E-state index in [1.54, 1.807) is 16.2 Å².